The minimum absolute atomic E-state index is 0.0180. The molecular formula is C13H16BrNO2. The lowest BCUT2D eigenvalue weighted by atomic mass is 9.70. The molecule has 2 N–H and O–H groups in total. The molecule has 0 spiro atoms. The van der Waals surface area contributed by atoms with Gasteiger partial charge in [-0.05, 0) is 36.5 Å². The summed E-state index contributed by atoms with van der Waals surface area (Å²) >= 11 is 3.29. The Morgan fingerprint density at radius 3 is 2.82 bits per heavy atom. The molecular weight excluding hydrogens is 282 g/mol. The van der Waals surface area contributed by atoms with E-state index in [9.17, 15) is 9.90 Å². The molecule has 17 heavy (non-hydrogen) atoms. The Morgan fingerprint density at radius 2 is 2.24 bits per heavy atom. The fourth-order valence-corrected chi connectivity index (χ4v) is 2.40. The molecule has 3 nitrogen and oxygen atoms in total. The molecule has 0 heterocycles. The molecule has 0 aliphatic heterocycles. The van der Waals surface area contributed by atoms with Crippen molar-refractivity contribution >= 4 is 21.8 Å². The molecule has 1 aliphatic carbocycles. The molecule has 1 aromatic rings. The van der Waals surface area contributed by atoms with E-state index in [4.69, 9.17) is 0 Å². The first kappa shape index (κ1) is 12.4. The van der Waals surface area contributed by atoms with Crippen molar-refractivity contribution in [2.45, 2.75) is 26.2 Å². The Labute approximate surface area is 109 Å². The number of rotatable bonds is 3. The molecule has 0 bridgehead atoms. The van der Waals surface area contributed by atoms with Crippen LogP contribution in [0.5, 0.6) is 5.75 Å². The lowest BCUT2D eigenvalue weighted by molar-refractivity contribution is 0.0888. The third-order valence-electron chi connectivity index (χ3n) is 3.44. The summed E-state index contributed by atoms with van der Waals surface area (Å²) in [4.78, 5) is 11.9. The first-order valence-electron chi connectivity index (χ1n) is 5.77. The van der Waals surface area contributed by atoms with E-state index >= 15 is 0 Å². The molecule has 0 radical (unpaired) electrons. The van der Waals surface area contributed by atoms with Crippen LogP contribution in [0.25, 0.3) is 0 Å². The number of aromatic hydroxyl groups is 1. The average Bonchev–Trinajstić information content (AvgIpc) is 2.26. The summed E-state index contributed by atoms with van der Waals surface area (Å²) in [6, 6.07) is 4.86. The molecule has 0 atom stereocenters. The number of halogens is 1. The van der Waals surface area contributed by atoms with Crippen LogP contribution in [0.2, 0.25) is 0 Å². The van der Waals surface area contributed by atoms with E-state index in [1.54, 1.807) is 12.1 Å². The van der Waals surface area contributed by atoms with Gasteiger partial charge < -0.3 is 10.4 Å². The van der Waals surface area contributed by atoms with Gasteiger partial charge >= 0.3 is 0 Å². The number of carbonyl (C=O) groups excluding carboxylic acids is 1. The zero-order valence-corrected chi connectivity index (χ0v) is 11.4. The van der Waals surface area contributed by atoms with E-state index in [-0.39, 0.29) is 17.1 Å². The zero-order chi connectivity index (χ0) is 12.5. The van der Waals surface area contributed by atoms with Crippen LogP contribution in [0.4, 0.5) is 0 Å². The van der Waals surface area contributed by atoms with E-state index in [0.29, 0.717) is 12.1 Å². The Hall–Kier alpha value is -1.03. The smallest absolute Gasteiger partial charge is 0.255 e. The highest BCUT2D eigenvalue weighted by Crippen LogP contribution is 2.39. The first-order chi connectivity index (χ1) is 8.00. The van der Waals surface area contributed by atoms with Gasteiger partial charge in [0.05, 0.1) is 5.56 Å². The van der Waals surface area contributed by atoms with Gasteiger partial charge in [-0.3, -0.25) is 4.79 Å². The molecule has 2 rings (SSSR count). The van der Waals surface area contributed by atoms with Gasteiger partial charge in [0, 0.05) is 11.0 Å². The van der Waals surface area contributed by atoms with E-state index < -0.39 is 0 Å². The first-order valence-corrected chi connectivity index (χ1v) is 6.56. The normalized spacial score (nSPS) is 17.3. The van der Waals surface area contributed by atoms with Crippen molar-refractivity contribution in [3.63, 3.8) is 0 Å². The summed E-state index contributed by atoms with van der Waals surface area (Å²) in [5.41, 5.74) is 0.569. The van der Waals surface area contributed by atoms with Gasteiger partial charge in [-0.2, -0.15) is 0 Å². The number of hydrogen-bond donors (Lipinski definition) is 2. The van der Waals surface area contributed by atoms with Crippen molar-refractivity contribution in [3.8, 4) is 5.75 Å². The van der Waals surface area contributed by atoms with Crippen molar-refractivity contribution in [3.05, 3.63) is 28.2 Å². The molecule has 1 saturated carbocycles. The monoisotopic (exact) mass is 297 g/mol. The van der Waals surface area contributed by atoms with Crippen molar-refractivity contribution in [2.24, 2.45) is 5.41 Å². The van der Waals surface area contributed by atoms with Crippen LogP contribution < -0.4 is 5.32 Å². The fraction of sp³-hybridized carbons (Fsp3) is 0.462. The highest BCUT2D eigenvalue weighted by atomic mass is 79.9. The summed E-state index contributed by atoms with van der Waals surface area (Å²) in [7, 11) is 0. The predicted molar refractivity (Wildman–Crippen MR) is 70.1 cm³/mol. The van der Waals surface area contributed by atoms with Crippen LogP contribution in [0, 0.1) is 5.41 Å². The summed E-state index contributed by atoms with van der Waals surface area (Å²) in [5, 5.41) is 12.5. The third-order valence-corrected chi connectivity index (χ3v) is 3.93. The van der Waals surface area contributed by atoms with E-state index in [2.05, 4.69) is 28.2 Å². The molecule has 0 aromatic heterocycles. The molecule has 1 aromatic carbocycles. The highest BCUT2D eigenvalue weighted by molar-refractivity contribution is 9.10. The number of carbonyl (C=O) groups is 1. The summed E-state index contributed by atoms with van der Waals surface area (Å²) in [6.07, 6.45) is 3.57. The lowest BCUT2D eigenvalue weighted by Crippen LogP contribution is -2.39. The highest BCUT2D eigenvalue weighted by Gasteiger charge is 2.32. The maximum absolute atomic E-state index is 11.9. The van der Waals surface area contributed by atoms with Gasteiger partial charge in [-0.1, -0.05) is 29.3 Å². The average molecular weight is 298 g/mol. The number of benzene rings is 1. The summed E-state index contributed by atoms with van der Waals surface area (Å²) < 4.78 is 0.787. The molecule has 4 heteroatoms. The van der Waals surface area contributed by atoms with Crippen molar-refractivity contribution in [1.29, 1.82) is 0 Å². The molecule has 0 unspecified atom stereocenters. The Morgan fingerprint density at radius 1 is 1.53 bits per heavy atom. The molecule has 1 aliphatic rings. The Kier molecular flexibility index (Phi) is 3.43. The second-order valence-corrected chi connectivity index (χ2v) is 5.92. The van der Waals surface area contributed by atoms with Crippen LogP contribution in [0.15, 0.2) is 22.7 Å². The van der Waals surface area contributed by atoms with Crippen LogP contribution in [0.3, 0.4) is 0 Å². The number of amides is 1. The van der Waals surface area contributed by atoms with Gasteiger partial charge in [0.15, 0.2) is 0 Å². The van der Waals surface area contributed by atoms with Crippen LogP contribution in [-0.4, -0.2) is 17.6 Å². The van der Waals surface area contributed by atoms with Gasteiger partial charge in [0.1, 0.15) is 5.75 Å². The van der Waals surface area contributed by atoms with Crippen molar-refractivity contribution in [2.75, 3.05) is 6.54 Å². The van der Waals surface area contributed by atoms with Crippen LogP contribution in [-0.2, 0) is 0 Å². The van der Waals surface area contributed by atoms with Gasteiger partial charge in [-0.25, -0.2) is 0 Å². The molecule has 1 fully saturated rings. The SMILES string of the molecule is CC1(CNC(=O)c2cc(Br)ccc2O)CCC1. The van der Waals surface area contributed by atoms with Crippen LogP contribution >= 0.6 is 15.9 Å². The topological polar surface area (TPSA) is 49.3 Å². The molecule has 1 amide bonds. The van der Waals surface area contributed by atoms with E-state index in [1.807, 2.05) is 0 Å². The second-order valence-electron chi connectivity index (χ2n) is 5.01. The quantitative estimate of drug-likeness (QED) is 0.901. The predicted octanol–water partition coefficient (Wildman–Crippen LogP) is 3.07. The van der Waals surface area contributed by atoms with Crippen LogP contribution in [0.1, 0.15) is 36.5 Å². The Balaban J connectivity index is 2.01. The van der Waals surface area contributed by atoms with Gasteiger partial charge in [0.25, 0.3) is 5.91 Å². The molecule has 92 valence electrons. The maximum Gasteiger partial charge on any atom is 0.255 e. The number of hydrogen-bond acceptors (Lipinski definition) is 2. The minimum atomic E-state index is -0.211. The minimum Gasteiger partial charge on any atom is -0.507 e. The van der Waals surface area contributed by atoms with Gasteiger partial charge in [0.2, 0.25) is 0 Å². The summed E-state index contributed by atoms with van der Waals surface area (Å²) in [5.74, 6) is -0.193. The zero-order valence-electron chi connectivity index (χ0n) is 9.79. The standard InChI is InChI=1S/C13H16BrNO2/c1-13(5-2-6-13)8-15-12(17)10-7-9(14)3-4-11(10)16/h3-4,7,16H,2,5-6,8H2,1H3,(H,15,17). The molecule has 0 saturated heterocycles. The van der Waals surface area contributed by atoms with Crippen molar-refractivity contribution < 1.29 is 9.90 Å². The number of nitrogens with one attached hydrogen (secondary N) is 1. The Bertz CT molecular complexity index is 441. The lowest BCUT2D eigenvalue weighted by Gasteiger charge is -2.38. The van der Waals surface area contributed by atoms with E-state index in [0.717, 1.165) is 17.3 Å². The second kappa shape index (κ2) is 4.69. The van der Waals surface area contributed by atoms with Crippen molar-refractivity contribution in [1.82, 2.24) is 5.32 Å². The largest absolute Gasteiger partial charge is 0.507 e. The van der Waals surface area contributed by atoms with Gasteiger partial charge in [-0.15, -0.1) is 0 Å². The fourth-order valence-electron chi connectivity index (χ4n) is 2.04. The third kappa shape index (κ3) is 2.80. The van der Waals surface area contributed by atoms with E-state index in [1.165, 1.54) is 12.5 Å². The number of phenols is 1. The summed E-state index contributed by atoms with van der Waals surface area (Å²) in [6.45, 7) is 2.86. The number of phenolic OH excluding ortho intramolecular Hbond substituents is 1. The maximum atomic E-state index is 11.9.